The zero-order valence-corrected chi connectivity index (χ0v) is 16.5. The van der Waals surface area contributed by atoms with Crippen LogP contribution >= 0.6 is 24.0 Å². The summed E-state index contributed by atoms with van der Waals surface area (Å²) in [5.41, 5.74) is 1.10. The highest BCUT2D eigenvalue weighted by atomic mass is 127. The Bertz CT molecular complexity index is 467. The van der Waals surface area contributed by atoms with Crippen molar-refractivity contribution >= 4 is 29.9 Å². The zero-order valence-electron chi connectivity index (χ0n) is 14.2. The Hall–Kier alpha value is -1.18. The van der Waals surface area contributed by atoms with Gasteiger partial charge < -0.3 is 19.7 Å². The summed E-state index contributed by atoms with van der Waals surface area (Å²) in [5.74, 6) is 2.54. The second kappa shape index (κ2) is 11.4. The lowest BCUT2D eigenvalue weighted by Gasteiger charge is -2.23. The monoisotopic (exact) mass is 421 g/mol. The largest absolute Gasteiger partial charge is 0.497 e. The molecule has 0 atom stereocenters. The lowest BCUT2D eigenvalue weighted by atomic mass is 10.2. The third-order valence-corrected chi connectivity index (χ3v) is 3.08. The van der Waals surface area contributed by atoms with E-state index in [-0.39, 0.29) is 24.0 Å². The number of ether oxygens (including phenoxy) is 2. The number of guanidine groups is 1. The van der Waals surface area contributed by atoms with E-state index in [0.717, 1.165) is 49.1 Å². The molecule has 0 aromatic heterocycles. The van der Waals surface area contributed by atoms with E-state index < -0.39 is 0 Å². The fourth-order valence-electron chi connectivity index (χ4n) is 2.00. The Morgan fingerprint density at radius 1 is 1.23 bits per heavy atom. The number of halogens is 1. The van der Waals surface area contributed by atoms with Crippen molar-refractivity contribution in [2.75, 3.05) is 34.4 Å². The molecule has 0 amide bonds. The molecule has 0 aliphatic carbocycles. The minimum Gasteiger partial charge on any atom is -0.497 e. The Labute approximate surface area is 151 Å². The molecule has 0 bridgehead atoms. The SMILES string of the molecule is CCCN=C(NCC)N(C)Cc1ccc(OC)cc1OC.I. The van der Waals surface area contributed by atoms with Crippen LogP contribution in [0, 0.1) is 0 Å². The molecule has 0 saturated heterocycles. The predicted molar refractivity (Wildman–Crippen MR) is 103 cm³/mol. The molecular formula is C16H28IN3O2. The highest BCUT2D eigenvalue weighted by Gasteiger charge is 2.11. The van der Waals surface area contributed by atoms with Crippen molar-refractivity contribution in [3.63, 3.8) is 0 Å². The van der Waals surface area contributed by atoms with Crippen molar-refractivity contribution in [3.05, 3.63) is 23.8 Å². The van der Waals surface area contributed by atoms with Gasteiger partial charge in [0.1, 0.15) is 11.5 Å². The lowest BCUT2D eigenvalue weighted by molar-refractivity contribution is 0.382. The number of nitrogens with one attached hydrogen (secondary N) is 1. The highest BCUT2D eigenvalue weighted by molar-refractivity contribution is 14.0. The first kappa shape index (κ1) is 20.8. The molecule has 6 heteroatoms. The Morgan fingerprint density at radius 3 is 2.50 bits per heavy atom. The molecule has 0 fully saturated rings. The van der Waals surface area contributed by atoms with E-state index in [0.29, 0.717) is 0 Å². The third-order valence-electron chi connectivity index (χ3n) is 3.08. The van der Waals surface area contributed by atoms with E-state index in [2.05, 4.69) is 29.1 Å². The van der Waals surface area contributed by atoms with Crippen molar-refractivity contribution in [2.24, 2.45) is 4.99 Å². The number of benzene rings is 1. The van der Waals surface area contributed by atoms with Gasteiger partial charge in [0.2, 0.25) is 0 Å². The van der Waals surface area contributed by atoms with Crippen molar-refractivity contribution in [2.45, 2.75) is 26.8 Å². The van der Waals surface area contributed by atoms with Crippen LogP contribution in [0.25, 0.3) is 0 Å². The van der Waals surface area contributed by atoms with Gasteiger partial charge in [0.15, 0.2) is 5.96 Å². The van der Waals surface area contributed by atoms with Crippen LogP contribution < -0.4 is 14.8 Å². The van der Waals surface area contributed by atoms with Crippen LogP contribution in [0.1, 0.15) is 25.8 Å². The van der Waals surface area contributed by atoms with Gasteiger partial charge in [-0.1, -0.05) is 6.92 Å². The number of aliphatic imine (C=N–C) groups is 1. The Morgan fingerprint density at radius 2 is 1.95 bits per heavy atom. The van der Waals surface area contributed by atoms with Crippen molar-refractivity contribution in [3.8, 4) is 11.5 Å². The second-order valence-electron chi connectivity index (χ2n) is 4.77. The number of rotatable bonds is 7. The molecule has 0 unspecified atom stereocenters. The zero-order chi connectivity index (χ0) is 15.7. The van der Waals surface area contributed by atoms with E-state index in [9.17, 15) is 0 Å². The summed E-state index contributed by atoms with van der Waals surface area (Å²) >= 11 is 0. The van der Waals surface area contributed by atoms with Crippen LogP contribution in [0.5, 0.6) is 11.5 Å². The van der Waals surface area contributed by atoms with Gasteiger partial charge in [-0.05, 0) is 25.5 Å². The van der Waals surface area contributed by atoms with Crippen LogP contribution in [0.4, 0.5) is 0 Å². The van der Waals surface area contributed by atoms with Gasteiger partial charge in [-0.3, -0.25) is 4.99 Å². The molecule has 1 N–H and O–H groups in total. The van der Waals surface area contributed by atoms with Gasteiger partial charge in [-0.15, -0.1) is 24.0 Å². The summed E-state index contributed by atoms with van der Waals surface area (Å²) in [5, 5.41) is 3.31. The van der Waals surface area contributed by atoms with Crippen LogP contribution in [0.2, 0.25) is 0 Å². The molecule has 5 nitrogen and oxygen atoms in total. The van der Waals surface area contributed by atoms with Crippen molar-refractivity contribution in [1.29, 1.82) is 0 Å². The second-order valence-corrected chi connectivity index (χ2v) is 4.77. The first-order valence-corrected chi connectivity index (χ1v) is 7.36. The van der Waals surface area contributed by atoms with E-state index in [1.165, 1.54) is 0 Å². The molecule has 0 aliphatic heterocycles. The molecule has 1 aromatic rings. The normalized spacial score (nSPS) is 10.7. The first-order chi connectivity index (χ1) is 10.2. The highest BCUT2D eigenvalue weighted by Crippen LogP contribution is 2.25. The quantitative estimate of drug-likeness (QED) is 0.418. The lowest BCUT2D eigenvalue weighted by Crippen LogP contribution is -2.38. The maximum atomic E-state index is 5.44. The van der Waals surface area contributed by atoms with E-state index in [1.54, 1.807) is 14.2 Å². The smallest absolute Gasteiger partial charge is 0.193 e. The van der Waals surface area contributed by atoms with E-state index in [1.807, 2.05) is 25.2 Å². The summed E-state index contributed by atoms with van der Waals surface area (Å²) in [4.78, 5) is 6.68. The molecule has 0 aliphatic rings. The van der Waals surface area contributed by atoms with Crippen molar-refractivity contribution in [1.82, 2.24) is 10.2 Å². The predicted octanol–water partition coefficient (Wildman–Crippen LogP) is 3.13. The summed E-state index contributed by atoms with van der Waals surface area (Å²) in [6.45, 7) is 6.60. The molecule has 0 saturated carbocycles. The van der Waals surface area contributed by atoms with Crippen LogP contribution in [0.15, 0.2) is 23.2 Å². The maximum Gasteiger partial charge on any atom is 0.193 e. The van der Waals surface area contributed by atoms with Crippen LogP contribution in [0.3, 0.4) is 0 Å². The number of nitrogens with zero attached hydrogens (tertiary/aromatic N) is 2. The summed E-state index contributed by atoms with van der Waals surface area (Å²) in [7, 11) is 5.36. The molecule has 0 heterocycles. The fourth-order valence-corrected chi connectivity index (χ4v) is 2.00. The van der Waals surface area contributed by atoms with Crippen LogP contribution in [-0.4, -0.2) is 45.2 Å². The molecule has 1 rings (SSSR count). The first-order valence-electron chi connectivity index (χ1n) is 7.36. The van der Waals surface area contributed by atoms with Crippen molar-refractivity contribution < 1.29 is 9.47 Å². The average Bonchev–Trinajstić information content (AvgIpc) is 2.51. The van der Waals surface area contributed by atoms with E-state index in [4.69, 9.17) is 9.47 Å². The van der Waals surface area contributed by atoms with Gasteiger partial charge in [0.25, 0.3) is 0 Å². The standard InChI is InChI=1S/C16H27N3O2.HI/c1-6-10-18-16(17-7-2)19(3)12-13-8-9-14(20-4)11-15(13)21-5;/h8-9,11H,6-7,10,12H2,1-5H3,(H,17,18);1H. The molecule has 126 valence electrons. The summed E-state index contributed by atoms with van der Waals surface area (Å²) in [6, 6.07) is 5.87. The van der Waals surface area contributed by atoms with Gasteiger partial charge in [-0.25, -0.2) is 0 Å². The van der Waals surface area contributed by atoms with Gasteiger partial charge in [-0.2, -0.15) is 0 Å². The summed E-state index contributed by atoms with van der Waals surface area (Å²) in [6.07, 6.45) is 1.04. The minimum atomic E-state index is 0. The summed E-state index contributed by atoms with van der Waals surface area (Å²) < 4.78 is 10.7. The maximum absolute atomic E-state index is 5.44. The Kier molecular flexibility index (Phi) is 10.8. The average molecular weight is 421 g/mol. The minimum absolute atomic E-state index is 0. The number of hydrogen-bond acceptors (Lipinski definition) is 3. The van der Waals surface area contributed by atoms with Gasteiger partial charge in [0, 0.05) is 38.3 Å². The Balaban J connectivity index is 0.00000441. The van der Waals surface area contributed by atoms with Gasteiger partial charge in [0.05, 0.1) is 14.2 Å². The molecule has 1 aromatic carbocycles. The molecule has 22 heavy (non-hydrogen) atoms. The number of hydrogen-bond donors (Lipinski definition) is 1. The molecular weight excluding hydrogens is 393 g/mol. The van der Waals surface area contributed by atoms with Gasteiger partial charge >= 0.3 is 0 Å². The fraction of sp³-hybridized carbons (Fsp3) is 0.562. The topological polar surface area (TPSA) is 46.1 Å². The molecule has 0 radical (unpaired) electrons. The third kappa shape index (κ3) is 6.29. The van der Waals surface area contributed by atoms with E-state index >= 15 is 0 Å². The van der Waals surface area contributed by atoms with Crippen LogP contribution in [-0.2, 0) is 6.54 Å². The number of methoxy groups -OCH3 is 2. The molecule has 0 spiro atoms.